The average Bonchev–Trinajstić information content (AvgIpc) is 3.24. The van der Waals surface area contributed by atoms with Gasteiger partial charge in [-0.2, -0.15) is 11.3 Å². The average molecular weight is 399 g/mol. The Morgan fingerprint density at radius 2 is 2.04 bits per heavy atom. The van der Waals surface area contributed by atoms with E-state index < -0.39 is 0 Å². The maximum absolute atomic E-state index is 12.5. The van der Waals surface area contributed by atoms with Gasteiger partial charge in [-0.25, -0.2) is 4.98 Å². The van der Waals surface area contributed by atoms with Crippen molar-refractivity contribution in [1.82, 2.24) is 20.3 Å². The molecule has 0 bridgehead atoms. The summed E-state index contributed by atoms with van der Waals surface area (Å²) in [5, 5.41) is 6.91. The zero-order valence-corrected chi connectivity index (χ0v) is 16.2. The molecule has 0 saturated heterocycles. The number of carbonyl (C=O) groups is 2. The summed E-state index contributed by atoms with van der Waals surface area (Å²) in [6.45, 7) is 2.65. The SMILES string of the molecule is CCn1c(NNC(=O)CCCNC(=O)c2ccsc2)nc2ccccc2c1=O. The fourth-order valence-electron chi connectivity index (χ4n) is 2.69. The molecule has 0 radical (unpaired) electrons. The van der Waals surface area contributed by atoms with Crippen molar-refractivity contribution in [2.24, 2.45) is 0 Å². The van der Waals surface area contributed by atoms with E-state index in [4.69, 9.17) is 0 Å². The summed E-state index contributed by atoms with van der Waals surface area (Å²) < 4.78 is 1.46. The molecule has 2 heterocycles. The highest BCUT2D eigenvalue weighted by Gasteiger charge is 2.10. The van der Waals surface area contributed by atoms with Gasteiger partial charge in [-0.1, -0.05) is 12.1 Å². The third-order valence-electron chi connectivity index (χ3n) is 4.14. The van der Waals surface area contributed by atoms with Crippen molar-refractivity contribution in [2.45, 2.75) is 26.3 Å². The van der Waals surface area contributed by atoms with E-state index in [1.807, 2.05) is 12.3 Å². The summed E-state index contributed by atoms with van der Waals surface area (Å²) in [5.74, 6) is -0.118. The molecule has 2 aromatic heterocycles. The quantitative estimate of drug-likeness (QED) is 0.398. The maximum Gasteiger partial charge on any atom is 0.262 e. The molecular formula is C19H21N5O3S. The van der Waals surface area contributed by atoms with Crippen LogP contribution < -0.4 is 21.7 Å². The summed E-state index contributed by atoms with van der Waals surface area (Å²) in [4.78, 5) is 40.8. The number of hydrazine groups is 1. The van der Waals surface area contributed by atoms with Crippen LogP contribution in [0.2, 0.25) is 0 Å². The van der Waals surface area contributed by atoms with Crippen molar-refractivity contribution >= 4 is 40.0 Å². The van der Waals surface area contributed by atoms with Gasteiger partial charge in [0, 0.05) is 30.5 Å². The monoisotopic (exact) mass is 399 g/mol. The zero-order chi connectivity index (χ0) is 19.9. The molecule has 0 aliphatic heterocycles. The Kier molecular flexibility index (Phi) is 6.38. The standard InChI is InChI=1S/C19H21N5O3S/c1-2-24-18(27)14-6-3-4-7-15(14)21-19(24)23-22-16(25)8-5-10-20-17(26)13-9-11-28-12-13/h3-4,6-7,9,11-12H,2,5,8,10H2,1H3,(H,20,26)(H,21,23)(H,22,25). The van der Waals surface area contributed by atoms with E-state index in [-0.39, 0.29) is 29.7 Å². The van der Waals surface area contributed by atoms with E-state index in [2.05, 4.69) is 21.2 Å². The van der Waals surface area contributed by atoms with Gasteiger partial charge in [0.2, 0.25) is 11.9 Å². The molecule has 0 aliphatic rings. The molecule has 146 valence electrons. The molecule has 2 amide bonds. The second-order valence-corrected chi connectivity index (χ2v) is 6.83. The number of carbonyl (C=O) groups excluding carboxylic acids is 2. The fraction of sp³-hybridized carbons (Fsp3) is 0.263. The Morgan fingerprint density at radius 1 is 1.21 bits per heavy atom. The van der Waals surface area contributed by atoms with Crippen LogP contribution in [0.1, 0.15) is 30.1 Å². The second-order valence-electron chi connectivity index (χ2n) is 6.05. The summed E-state index contributed by atoms with van der Waals surface area (Å²) in [7, 11) is 0. The van der Waals surface area contributed by atoms with Crippen LogP contribution in [-0.4, -0.2) is 27.9 Å². The van der Waals surface area contributed by atoms with Gasteiger partial charge in [0.05, 0.1) is 10.9 Å². The molecule has 0 atom stereocenters. The largest absolute Gasteiger partial charge is 0.352 e. The molecule has 3 rings (SSSR count). The minimum absolute atomic E-state index is 0.146. The highest BCUT2D eigenvalue weighted by molar-refractivity contribution is 7.08. The van der Waals surface area contributed by atoms with Crippen LogP contribution in [0.25, 0.3) is 10.9 Å². The number of para-hydroxylation sites is 1. The van der Waals surface area contributed by atoms with Crippen LogP contribution in [0.3, 0.4) is 0 Å². The van der Waals surface area contributed by atoms with E-state index in [0.717, 1.165) is 0 Å². The number of benzene rings is 1. The van der Waals surface area contributed by atoms with Crippen molar-refractivity contribution in [3.63, 3.8) is 0 Å². The number of aromatic nitrogens is 2. The molecule has 0 saturated carbocycles. The number of hydrogen-bond acceptors (Lipinski definition) is 6. The van der Waals surface area contributed by atoms with Crippen LogP contribution in [-0.2, 0) is 11.3 Å². The predicted molar refractivity (Wildman–Crippen MR) is 109 cm³/mol. The molecule has 1 aromatic carbocycles. The Labute approximate surface area is 165 Å². The number of hydrogen-bond donors (Lipinski definition) is 3. The fourth-order valence-corrected chi connectivity index (χ4v) is 3.33. The van der Waals surface area contributed by atoms with Crippen LogP contribution >= 0.6 is 11.3 Å². The van der Waals surface area contributed by atoms with Gasteiger partial charge < -0.3 is 5.32 Å². The Hall–Kier alpha value is -3.20. The van der Waals surface area contributed by atoms with E-state index in [1.54, 1.807) is 35.7 Å². The van der Waals surface area contributed by atoms with Gasteiger partial charge in [0.1, 0.15) is 0 Å². The van der Waals surface area contributed by atoms with E-state index in [1.165, 1.54) is 15.9 Å². The van der Waals surface area contributed by atoms with Gasteiger partial charge in [-0.05, 0) is 36.9 Å². The van der Waals surface area contributed by atoms with Gasteiger partial charge in [-0.15, -0.1) is 0 Å². The van der Waals surface area contributed by atoms with Crippen LogP contribution in [0.15, 0.2) is 45.9 Å². The van der Waals surface area contributed by atoms with E-state index in [0.29, 0.717) is 36.0 Å². The predicted octanol–water partition coefficient (Wildman–Crippen LogP) is 2.13. The lowest BCUT2D eigenvalue weighted by atomic mass is 10.2. The Morgan fingerprint density at radius 3 is 2.79 bits per heavy atom. The molecule has 0 unspecified atom stereocenters. The summed E-state index contributed by atoms with van der Waals surface area (Å²) in [5.41, 5.74) is 6.31. The topological polar surface area (TPSA) is 105 Å². The molecule has 0 aliphatic carbocycles. The van der Waals surface area contributed by atoms with Crippen molar-refractivity contribution in [1.29, 1.82) is 0 Å². The first-order chi connectivity index (χ1) is 13.6. The zero-order valence-electron chi connectivity index (χ0n) is 15.4. The highest BCUT2D eigenvalue weighted by Crippen LogP contribution is 2.10. The van der Waals surface area contributed by atoms with E-state index >= 15 is 0 Å². The molecule has 9 heteroatoms. The molecular weight excluding hydrogens is 378 g/mol. The number of thiophene rings is 1. The van der Waals surface area contributed by atoms with Gasteiger partial charge >= 0.3 is 0 Å². The number of amides is 2. The first-order valence-corrected chi connectivity index (χ1v) is 9.89. The third kappa shape index (κ3) is 4.55. The normalized spacial score (nSPS) is 10.6. The third-order valence-corrected chi connectivity index (χ3v) is 4.82. The first kappa shape index (κ1) is 19.6. The first-order valence-electron chi connectivity index (χ1n) is 8.95. The minimum Gasteiger partial charge on any atom is -0.352 e. The van der Waals surface area contributed by atoms with Crippen LogP contribution in [0.5, 0.6) is 0 Å². The number of fused-ring (bicyclic) bond motifs is 1. The Balaban J connectivity index is 1.52. The molecule has 8 nitrogen and oxygen atoms in total. The molecule has 0 spiro atoms. The lowest BCUT2D eigenvalue weighted by molar-refractivity contribution is -0.120. The molecule has 3 N–H and O–H groups in total. The number of rotatable bonds is 8. The highest BCUT2D eigenvalue weighted by atomic mass is 32.1. The second kappa shape index (κ2) is 9.14. The van der Waals surface area contributed by atoms with Gasteiger partial charge in [0.25, 0.3) is 11.5 Å². The Bertz CT molecular complexity index is 1030. The van der Waals surface area contributed by atoms with Gasteiger partial charge in [0.15, 0.2) is 0 Å². The van der Waals surface area contributed by atoms with Crippen LogP contribution in [0, 0.1) is 0 Å². The smallest absolute Gasteiger partial charge is 0.262 e. The minimum atomic E-state index is -0.255. The van der Waals surface area contributed by atoms with E-state index in [9.17, 15) is 14.4 Å². The van der Waals surface area contributed by atoms with Crippen molar-refractivity contribution in [3.05, 3.63) is 57.0 Å². The summed E-state index contributed by atoms with van der Waals surface area (Å²) >= 11 is 1.46. The molecule has 3 aromatic rings. The number of nitrogens with zero attached hydrogens (tertiary/aromatic N) is 2. The van der Waals surface area contributed by atoms with Crippen molar-refractivity contribution in [3.8, 4) is 0 Å². The molecule has 28 heavy (non-hydrogen) atoms. The number of anilines is 1. The van der Waals surface area contributed by atoms with Gasteiger partial charge in [-0.3, -0.25) is 29.8 Å². The molecule has 0 fully saturated rings. The van der Waals surface area contributed by atoms with Crippen molar-refractivity contribution < 1.29 is 9.59 Å². The summed E-state index contributed by atoms with van der Waals surface area (Å²) in [6.07, 6.45) is 0.718. The number of nitrogens with one attached hydrogen (secondary N) is 3. The lowest BCUT2D eigenvalue weighted by Crippen LogP contribution is -2.34. The van der Waals surface area contributed by atoms with Crippen LogP contribution in [0.4, 0.5) is 5.95 Å². The van der Waals surface area contributed by atoms with Crippen molar-refractivity contribution in [2.75, 3.05) is 12.0 Å². The lowest BCUT2D eigenvalue weighted by Gasteiger charge is -2.14. The maximum atomic E-state index is 12.5. The summed E-state index contributed by atoms with van der Waals surface area (Å²) in [6, 6.07) is 8.82.